The normalized spacial score (nSPS) is 29.8. The Morgan fingerprint density at radius 3 is 2.53 bits per heavy atom. The highest BCUT2D eigenvalue weighted by Gasteiger charge is 2.59. The smallest absolute Gasteiger partial charge is 0.137 e. The van der Waals surface area contributed by atoms with Gasteiger partial charge in [0.15, 0.2) is 0 Å². The Bertz CT molecular complexity index is 461. The van der Waals surface area contributed by atoms with Gasteiger partial charge in [-0.2, -0.15) is 5.10 Å². The molecule has 0 aromatic carbocycles. The molecule has 0 amide bonds. The summed E-state index contributed by atoms with van der Waals surface area (Å²) >= 11 is 18.5. The zero-order chi connectivity index (χ0) is 13.7. The van der Waals surface area contributed by atoms with Crippen LogP contribution in [0, 0.1) is 5.92 Å². The molecule has 2 aliphatic carbocycles. The molecule has 3 rings (SSSR count). The molecule has 2 fully saturated rings. The van der Waals surface area contributed by atoms with Crippen LogP contribution in [-0.4, -0.2) is 34.7 Å². The molecular formula is C12H16Cl3N3O. The van der Waals surface area contributed by atoms with E-state index in [2.05, 4.69) is 10.1 Å². The van der Waals surface area contributed by atoms with Crippen LogP contribution < -0.4 is 0 Å². The van der Waals surface area contributed by atoms with E-state index in [0.717, 1.165) is 25.7 Å². The molecule has 1 aromatic heterocycles. The van der Waals surface area contributed by atoms with Crippen molar-refractivity contribution in [3.05, 3.63) is 12.7 Å². The predicted molar refractivity (Wildman–Crippen MR) is 74.6 cm³/mol. The van der Waals surface area contributed by atoms with Gasteiger partial charge >= 0.3 is 0 Å². The molecule has 19 heavy (non-hydrogen) atoms. The van der Waals surface area contributed by atoms with Gasteiger partial charge < -0.3 is 5.11 Å². The Morgan fingerprint density at radius 2 is 2.05 bits per heavy atom. The summed E-state index contributed by atoms with van der Waals surface area (Å²) in [5.41, 5.74) is -0.977. The maximum atomic E-state index is 10.9. The van der Waals surface area contributed by atoms with E-state index in [4.69, 9.17) is 34.8 Å². The second-order valence-corrected chi connectivity index (χ2v) is 8.06. The van der Waals surface area contributed by atoms with Gasteiger partial charge in [0.25, 0.3) is 0 Å². The van der Waals surface area contributed by atoms with Gasteiger partial charge in [-0.3, -0.25) is 4.68 Å². The summed E-state index contributed by atoms with van der Waals surface area (Å²) in [4.78, 5) is 3.36. The van der Waals surface area contributed by atoms with Crippen LogP contribution in [0.2, 0.25) is 0 Å². The Hall–Kier alpha value is -0.0300. The van der Waals surface area contributed by atoms with Gasteiger partial charge in [-0.1, -0.05) is 0 Å². The van der Waals surface area contributed by atoms with Crippen molar-refractivity contribution >= 4 is 34.8 Å². The first-order valence-corrected chi connectivity index (χ1v) is 7.60. The molecule has 2 saturated carbocycles. The summed E-state index contributed by atoms with van der Waals surface area (Å²) in [7, 11) is 0. The monoisotopic (exact) mass is 323 g/mol. The van der Waals surface area contributed by atoms with Crippen LogP contribution in [0.5, 0.6) is 0 Å². The molecule has 106 valence electrons. The third-order valence-corrected chi connectivity index (χ3v) is 5.93. The van der Waals surface area contributed by atoms with Gasteiger partial charge in [0, 0.05) is 0 Å². The molecule has 4 nitrogen and oxygen atoms in total. The van der Waals surface area contributed by atoms with Crippen molar-refractivity contribution in [2.75, 3.05) is 0 Å². The predicted octanol–water partition coefficient (Wildman–Crippen LogP) is 2.75. The summed E-state index contributed by atoms with van der Waals surface area (Å²) in [5, 5.41) is 15.0. The minimum absolute atomic E-state index is 0.261. The number of halogens is 3. The van der Waals surface area contributed by atoms with Crippen LogP contribution >= 0.6 is 34.8 Å². The fourth-order valence-corrected chi connectivity index (χ4v) is 3.44. The van der Waals surface area contributed by atoms with Crippen molar-refractivity contribution in [2.45, 2.75) is 53.5 Å². The second kappa shape index (κ2) is 4.48. The van der Waals surface area contributed by atoms with Gasteiger partial charge in [0.2, 0.25) is 0 Å². The standard InChI is InChI=1S/C12H16Cl3N3O/c13-10(3-4-10)11(19,6-18-8-16-7-17-18)2-1-9-5-12(9,14)15/h7-9,19H,1-6H2/t9-,11-/m0/s1. The highest BCUT2D eigenvalue weighted by atomic mass is 35.5. The van der Waals surface area contributed by atoms with Crippen LogP contribution in [0.25, 0.3) is 0 Å². The summed E-state index contributed by atoms with van der Waals surface area (Å²) < 4.78 is 1.03. The summed E-state index contributed by atoms with van der Waals surface area (Å²) in [6.45, 7) is 0.362. The van der Waals surface area contributed by atoms with Crippen molar-refractivity contribution in [1.82, 2.24) is 14.8 Å². The SMILES string of the molecule is O[C@@](CC[C@H]1CC1(Cl)Cl)(Cn1cncn1)C1(Cl)CC1. The van der Waals surface area contributed by atoms with Crippen LogP contribution in [-0.2, 0) is 6.54 Å². The minimum Gasteiger partial charge on any atom is -0.386 e. The molecule has 0 radical (unpaired) electrons. The second-order valence-electron chi connectivity index (χ2n) is 5.79. The number of nitrogens with zero attached hydrogens (tertiary/aromatic N) is 3. The van der Waals surface area contributed by atoms with E-state index in [1.807, 2.05) is 0 Å². The lowest BCUT2D eigenvalue weighted by atomic mass is 9.90. The Balaban J connectivity index is 1.67. The molecule has 0 saturated heterocycles. The first kappa shape index (κ1) is 13.9. The topological polar surface area (TPSA) is 50.9 Å². The molecular weight excluding hydrogens is 309 g/mol. The molecule has 0 spiro atoms. The summed E-state index contributed by atoms with van der Waals surface area (Å²) in [6, 6.07) is 0. The van der Waals surface area contributed by atoms with Crippen LogP contribution in [0.15, 0.2) is 12.7 Å². The van der Waals surface area contributed by atoms with Crippen LogP contribution in [0.3, 0.4) is 0 Å². The third-order valence-electron chi connectivity index (χ3n) is 4.28. The molecule has 1 heterocycles. The van der Waals surface area contributed by atoms with Crippen molar-refractivity contribution in [1.29, 1.82) is 0 Å². The fraction of sp³-hybridized carbons (Fsp3) is 0.833. The Labute approximate surface area is 127 Å². The van der Waals surface area contributed by atoms with E-state index >= 15 is 0 Å². The van der Waals surface area contributed by atoms with Crippen LogP contribution in [0.4, 0.5) is 0 Å². The van der Waals surface area contributed by atoms with E-state index in [-0.39, 0.29) is 5.92 Å². The van der Waals surface area contributed by atoms with Gasteiger partial charge in [0.05, 0.1) is 11.4 Å². The maximum absolute atomic E-state index is 10.9. The number of aromatic nitrogens is 3. The molecule has 1 aromatic rings. The van der Waals surface area contributed by atoms with Crippen molar-refractivity contribution < 1.29 is 5.11 Å². The zero-order valence-corrected chi connectivity index (χ0v) is 12.7. The van der Waals surface area contributed by atoms with Crippen LogP contribution in [0.1, 0.15) is 32.1 Å². The Kier molecular flexibility index (Phi) is 3.29. The fourth-order valence-electron chi connectivity index (χ4n) is 2.60. The number of rotatable bonds is 6. The highest BCUT2D eigenvalue weighted by Crippen LogP contribution is 2.58. The number of hydrogen-bond donors (Lipinski definition) is 1. The number of hydrogen-bond acceptors (Lipinski definition) is 3. The summed E-state index contributed by atoms with van der Waals surface area (Å²) in [6.07, 6.45) is 6.88. The van der Waals surface area contributed by atoms with E-state index in [9.17, 15) is 5.11 Å². The lowest BCUT2D eigenvalue weighted by molar-refractivity contribution is -0.00374. The number of alkyl halides is 3. The first-order chi connectivity index (χ1) is 8.85. The van der Waals surface area contributed by atoms with Gasteiger partial charge in [-0.15, -0.1) is 34.8 Å². The zero-order valence-electron chi connectivity index (χ0n) is 10.4. The molecule has 0 bridgehead atoms. The maximum Gasteiger partial charge on any atom is 0.137 e. The lowest BCUT2D eigenvalue weighted by Crippen LogP contribution is -2.45. The van der Waals surface area contributed by atoms with Crippen molar-refractivity contribution in [3.63, 3.8) is 0 Å². The van der Waals surface area contributed by atoms with Crippen molar-refractivity contribution in [3.8, 4) is 0 Å². The average molecular weight is 325 g/mol. The van der Waals surface area contributed by atoms with Gasteiger partial charge in [-0.05, 0) is 38.0 Å². The third kappa shape index (κ3) is 2.73. The van der Waals surface area contributed by atoms with Gasteiger partial charge in [-0.25, -0.2) is 4.98 Å². The molecule has 7 heteroatoms. The van der Waals surface area contributed by atoms with E-state index < -0.39 is 14.8 Å². The molecule has 0 unspecified atom stereocenters. The lowest BCUT2D eigenvalue weighted by Gasteiger charge is -2.33. The quantitative estimate of drug-likeness (QED) is 0.819. The molecule has 1 N–H and O–H groups in total. The molecule has 0 aliphatic heterocycles. The number of aliphatic hydroxyl groups is 1. The first-order valence-electron chi connectivity index (χ1n) is 6.46. The van der Waals surface area contributed by atoms with E-state index in [1.165, 1.54) is 6.33 Å². The minimum atomic E-state index is -0.977. The molecule has 2 aliphatic rings. The van der Waals surface area contributed by atoms with E-state index in [1.54, 1.807) is 11.0 Å². The van der Waals surface area contributed by atoms with E-state index in [0.29, 0.717) is 13.0 Å². The highest BCUT2D eigenvalue weighted by molar-refractivity contribution is 6.50. The largest absolute Gasteiger partial charge is 0.386 e. The molecule has 2 atom stereocenters. The van der Waals surface area contributed by atoms with Gasteiger partial charge in [0.1, 0.15) is 22.6 Å². The van der Waals surface area contributed by atoms with Crippen molar-refractivity contribution in [2.24, 2.45) is 5.92 Å². The summed E-state index contributed by atoms with van der Waals surface area (Å²) in [5.74, 6) is 0.261. The average Bonchev–Trinajstić information content (AvgIpc) is 3.14. The Morgan fingerprint density at radius 1 is 1.37 bits per heavy atom.